The highest BCUT2D eigenvalue weighted by atomic mass is 32.2. The number of hydrogen-bond donors (Lipinski definition) is 1. The minimum absolute atomic E-state index is 0.137. The second-order valence-electron chi connectivity index (χ2n) is 2.76. The van der Waals surface area contributed by atoms with Crippen molar-refractivity contribution in [1.82, 2.24) is 0 Å². The Kier molecular flexibility index (Phi) is 4.47. The highest BCUT2D eigenvalue weighted by Crippen LogP contribution is 2.07. The SMILES string of the molecule is C=CC[C@H](C)CS(=O)(=O)OC(N)=O. The maximum atomic E-state index is 11.0. The molecular weight excluding hydrogens is 194 g/mol. The molecule has 0 saturated heterocycles. The van der Waals surface area contributed by atoms with Crippen molar-refractivity contribution in [2.75, 3.05) is 5.75 Å². The van der Waals surface area contributed by atoms with Crippen molar-refractivity contribution in [3.63, 3.8) is 0 Å². The highest BCUT2D eigenvalue weighted by Gasteiger charge is 2.18. The average Bonchev–Trinajstić information content (AvgIpc) is 1.81. The third-order valence-electron chi connectivity index (χ3n) is 1.27. The van der Waals surface area contributed by atoms with Crippen LogP contribution in [0.4, 0.5) is 4.79 Å². The van der Waals surface area contributed by atoms with Crippen molar-refractivity contribution in [3.8, 4) is 0 Å². The fraction of sp³-hybridized carbons (Fsp3) is 0.571. The molecule has 0 aromatic carbocycles. The molecule has 0 aliphatic heterocycles. The van der Waals surface area contributed by atoms with Crippen LogP contribution in [-0.2, 0) is 14.3 Å². The van der Waals surface area contributed by atoms with Gasteiger partial charge in [0, 0.05) is 0 Å². The lowest BCUT2D eigenvalue weighted by molar-refractivity contribution is 0.212. The Hall–Kier alpha value is -1.04. The largest absolute Gasteiger partial charge is 0.420 e. The van der Waals surface area contributed by atoms with Crippen LogP contribution in [0.1, 0.15) is 13.3 Å². The van der Waals surface area contributed by atoms with Crippen LogP contribution >= 0.6 is 0 Å². The van der Waals surface area contributed by atoms with E-state index in [0.29, 0.717) is 6.42 Å². The lowest BCUT2D eigenvalue weighted by Crippen LogP contribution is -2.23. The summed E-state index contributed by atoms with van der Waals surface area (Å²) in [5.41, 5.74) is 4.57. The number of allylic oxidation sites excluding steroid dienone is 1. The molecule has 0 aromatic heterocycles. The van der Waals surface area contributed by atoms with Crippen LogP contribution < -0.4 is 5.73 Å². The zero-order chi connectivity index (χ0) is 10.5. The van der Waals surface area contributed by atoms with E-state index in [-0.39, 0.29) is 11.7 Å². The molecule has 0 aliphatic rings. The van der Waals surface area contributed by atoms with Crippen LogP contribution in [0.5, 0.6) is 0 Å². The summed E-state index contributed by atoms with van der Waals surface area (Å²) in [6.07, 6.45) is 0.844. The van der Waals surface area contributed by atoms with Gasteiger partial charge in [-0.15, -0.1) is 6.58 Å². The van der Waals surface area contributed by atoms with E-state index < -0.39 is 16.2 Å². The Morgan fingerprint density at radius 3 is 2.62 bits per heavy atom. The Morgan fingerprint density at radius 1 is 1.69 bits per heavy atom. The predicted molar refractivity (Wildman–Crippen MR) is 48.4 cm³/mol. The lowest BCUT2D eigenvalue weighted by Gasteiger charge is -2.07. The van der Waals surface area contributed by atoms with Crippen molar-refractivity contribution >= 4 is 16.2 Å². The summed E-state index contributed by atoms with van der Waals surface area (Å²) < 4.78 is 25.9. The molecule has 2 N–H and O–H groups in total. The fourth-order valence-electron chi connectivity index (χ4n) is 0.860. The molecule has 0 saturated carbocycles. The number of nitrogens with two attached hydrogens (primary N) is 1. The maximum Gasteiger partial charge on any atom is 0.420 e. The van der Waals surface area contributed by atoms with Crippen LogP contribution in [0.15, 0.2) is 12.7 Å². The monoisotopic (exact) mass is 207 g/mol. The molecule has 0 unspecified atom stereocenters. The van der Waals surface area contributed by atoms with E-state index >= 15 is 0 Å². The Morgan fingerprint density at radius 2 is 2.23 bits per heavy atom. The molecule has 0 aliphatic carbocycles. The summed E-state index contributed by atoms with van der Waals surface area (Å²) in [6, 6.07) is 0. The minimum Gasteiger partial charge on any atom is -0.334 e. The second kappa shape index (κ2) is 4.86. The molecular formula is C7H13NO4S. The molecule has 0 bridgehead atoms. The van der Waals surface area contributed by atoms with Gasteiger partial charge in [-0.1, -0.05) is 13.0 Å². The molecule has 0 radical (unpaired) electrons. The first-order valence-electron chi connectivity index (χ1n) is 3.70. The van der Waals surface area contributed by atoms with Gasteiger partial charge >= 0.3 is 16.2 Å². The van der Waals surface area contributed by atoms with E-state index in [1.165, 1.54) is 0 Å². The van der Waals surface area contributed by atoms with Crippen molar-refractivity contribution in [2.45, 2.75) is 13.3 Å². The summed E-state index contributed by atoms with van der Waals surface area (Å²) in [7, 11) is -3.82. The zero-order valence-corrected chi connectivity index (χ0v) is 8.21. The molecule has 0 aromatic rings. The third kappa shape index (κ3) is 6.15. The van der Waals surface area contributed by atoms with Crippen LogP contribution in [0.25, 0.3) is 0 Å². The molecule has 0 rings (SSSR count). The number of carbonyl (C=O) groups is 1. The smallest absolute Gasteiger partial charge is 0.334 e. The third-order valence-corrected chi connectivity index (χ3v) is 2.66. The molecule has 0 spiro atoms. The zero-order valence-electron chi connectivity index (χ0n) is 7.39. The van der Waals surface area contributed by atoms with E-state index in [1.54, 1.807) is 13.0 Å². The molecule has 6 heteroatoms. The number of amides is 1. The Labute approximate surface area is 77.7 Å². The van der Waals surface area contributed by atoms with Gasteiger partial charge in [0.2, 0.25) is 0 Å². The molecule has 0 heterocycles. The van der Waals surface area contributed by atoms with Crippen LogP contribution in [0.2, 0.25) is 0 Å². The summed E-state index contributed by atoms with van der Waals surface area (Å²) >= 11 is 0. The normalized spacial score (nSPS) is 13.3. The van der Waals surface area contributed by atoms with Gasteiger partial charge in [0.15, 0.2) is 0 Å². The van der Waals surface area contributed by atoms with Crippen LogP contribution in [0.3, 0.4) is 0 Å². The quantitative estimate of drug-likeness (QED) is 0.529. The number of rotatable bonds is 5. The Balaban J connectivity index is 4.17. The van der Waals surface area contributed by atoms with Gasteiger partial charge in [0.05, 0.1) is 5.75 Å². The maximum absolute atomic E-state index is 11.0. The lowest BCUT2D eigenvalue weighted by atomic mass is 10.1. The summed E-state index contributed by atoms with van der Waals surface area (Å²) in [5.74, 6) is -0.371. The van der Waals surface area contributed by atoms with Crippen molar-refractivity contribution in [3.05, 3.63) is 12.7 Å². The van der Waals surface area contributed by atoms with Crippen molar-refractivity contribution in [1.29, 1.82) is 0 Å². The first-order valence-corrected chi connectivity index (χ1v) is 5.27. The van der Waals surface area contributed by atoms with E-state index in [0.717, 1.165) is 0 Å². The standard InChI is InChI=1S/C7H13NO4S/c1-3-4-6(2)5-13(10,11)12-7(8)9/h3,6H,1,4-5H2,2H3,(H2,8,9)/t6-/m0/s1. The first kappa shape index (κ1) is 12.0. The molecule has 1 amide bonds. The molecule has 0 fully saturated rings. The summed E-state index contributed by atoms with van der Waals surface area (Å²) in [6.45, 7) is 5.18. The first-order chi connectivity index (χ1) is 5.87. The summed E-state index contributed by atoms with van der Waals surface area (Å²) in [4.78, 5) is 10.2. The number of hydrogen-bond acceptors (Lipinski definition) is 4. The van der Waals surface area contributed by atoms with Crippen LogP contribution in [-0.4, -0.2) is 20.3 Å². The van der Waals surface area contributed by atoms with Gasteiger partial charge in [-0.3, -0.25) is 0 Å². The predicted octanol–water partition coefficient (Wildman–Crippen LogP) is 0.624. The molecule has 76 valence electrons. The van der Waals surface area contributed by atoms with E-state index in [2.05, 4.69) is 16.5 Å². The van der Waals surface area contributed by atoms with Gasteiger partial charge in [0.1, 0.15) is 0 Å². The second-order valence-corrected chi connectivity index (χ2v) is 4.37. The molecule has 13 heavy (non-hydrogen) atoms. The highest BCUT2D eigenvalue weighted by molar-refractivity contribution is 7.87. The molecule has 5 nitrogen and oxygen atoms in total. The van der Waals surface area contributed by atoms with E-state index in [9.17, 15) is 13.2 Å². The van der Waals surface area contributed by atoms with Gasteiger partial charge in [-0.25, -0.2) is 4.79 Å². The Bertz CT molecular complexity index is 283. The topological polar surface area (TPSA) is 86.5 Å². The van der Waals surface area contributed by atoms with Gasteiger partial charge in [-0.05, 0) is 12.3 Å². The summed E-state index contributed by atoms with van der Waals surface area (Å²) in [5, 5.41) is 0. The fourth-order valence-corrected chi connectivity index (χ4v) is 2.01. The van der Waals surface area contributed by atoms with Crippen LogP contribution in [0, 0.1) is 5.92 Å². The van der Waals surface area contributed by atoms with Gasteiger partial charge in [-0.2, -0.15) is 8.42 Å². The minimum atomic E-state index is -3.82. The molecule has 1 atom stereocenters. The number of carbonyl (C=O) groups excluding carboxylic acids is 1. The van der Waals surface area contributed by atoms with Crippen molar-refractivity contribution < 1.29 is 17.4 Å². The van der Waals surface area contributed by atoms with Gasteiger partial charge < -0.3 is 9.92 Å². The van der Waals surface area contributed by atoms with E-state index in [1.807, 2.05) is 0 Å². The van der Waals surface area contributed by atoms with Gasteiger partial charge in [0.25, 0.3) is 0 Å². The van der Waals surface area contributed by atoms with E-state index in [4.69, 9.17) is 0 Å². The number of primary amides is 1. The average molecular weight is 207 g/mol. The van der Waals surface area contributed by atoms with Crippen molar-refractivity contribution in [2.24, 2.45) is 11.7 Å².